The highest BCUT2D eigenvalue weighted by Crippen LogP contribution is 2.40. The summed E-state index contributed by atoms with van der Waals surface area (Å²) in [7, 11) is 0. The summed E-state index contributed by atoms with van der Waals surface area (Å²) in [5.74, 6) is 0.0237. The number of amides is 2. The van der Waals surface area contributed by atoms with E-state index >= 15 is 0 Å². The fourth-order valence-corrected chi connectivity index (χ4v) is 3.19. The van der Waals surface area contributed by atoms with Gasteiger partial charge in [-0.1, -0.05) is 27.7 Å². The molecule has 21 heavy (non-hydrogen) atoms. The number of hydrogen-bond acceptors (Lipinski definition) is 3. The molecule has 0 radical (unpaired) electrons. The third-order valence-electron chi connectivity index (χ3n) is 5.13. The van der Waals surface area contributed by atoms with Gasteiger partial charge in [-0.3, -0.25) is 9.59 Å². The molecular weight excluding hydrogens is 268 g/mol. The Morgan fingerprint density at radius 3 is 2.52 bits per heavy atom. The Bertz CT molecular complexity index is 420. The minimum Gasteiger partial charge on any atom is -0.392 e. The Labute approximate surface area is 127 Å². The van der Waals surface area contributed by atoms with Gasteiger partial charge in [-0.15, -0.1) is 0 Å². The van der Waals surface area contributed by atoms with Crippen LogP contribution in [0.15, 0.2) is 0 Å². The standard InChI is InChI=1S/C16H28N2O3/c1-10(2)15(21)18-7-5-6-11(9-18)14(20)17-12-8-13(19)16(12,3)4/h10-13,19H,5-9H2,1-4H3,(H,17,20). The smallest absolute Gasteiger partial charge is 0.225 e. The first-order valence-corrected chi connectivity index (χ1v) is 8.00. The van der Waals surface area contributed by atoms with Crippen molar-refractivity contribution in [1.29, 1.82) is 0 Å². The van der Waals surface area contributed by atoms with Gasteiger partial charge in [-0.25, -0.2) is 0 Å². The van der Waals surface area contributed by atoms with Crippen LogP contribution < -0.4 is 5.32 Å². The molecule has 0 spiro atoms. The average Bonchev–Trinajstić information content (AvgIpc) is 2.46. The first kappa shape index (κ1) is 16.3. The fourth-order valence-electron chi connectivity index (χ4n) is 3.19. The van der Waals surface area contributed by atoms with Crippen molar-refractivity contribution in [1.82, 2.24) is 10.2 Å². The van der Waals surface area contributed by atoms with Crippen molar-refractivity contribution in [2.24, 2.45) is 17.3 Å². The number of aliphatic hydroxyl groups excluding tert-OH is 1. The molecule has 0 aromatic carbocycles. The summed E-state index contributed by atoms with van der Waals surface area (Å²) >= 11 is 0. The lowest BCUT2D eigenvalue weighted by molar-refractivity contribution is -0.140. The van der Waals surface area contributed by atoms with E-state index in [1.807, 2.05) is 32.6 Å². The van der Waals surface area contributed by atoms with E-state index in [9.17, 15) is 14.7 Å². The Morgan fingerprint density at radius 2 is 2.00 bits per heavy atom. The predicted molar refractivity (Wildman–Crippen MR) is 80.5 cm³/mol. The predicted octanol–water partition coefficient (Wildman–Crippen LogP) is 1.16. The second-order valence-electron chi connectivity index (χ2n) is 7.41. The zero-order valence-corrected chi connectivity index (χ0v) is 13.6. The molecule has 5 heteroatoms. The molecule has 1 aliphatic carbocycles. The molecule has 1 saturated heterocycles. The largest absolute Gasteiger partial charge is 0.392 e. The second-order valence-corrected chi connectivity index (χ2v) is 7.41. The van der Waals surface area contributed by atoms with Crippen LogP contribution in [0.25, 0.3) is 0 Å². The first-order chi connectivity index (χ1) is 9.73. The van der Waals surface area contributed by atoms with Gasteiger partial charge in [-0.05, 0) is 19.3 Å². The van der Waals surface area contributed by atoms with E-state index < -0.39 is 0 Å². The monoisotopic (exact) mass is 296 g/mol. The second kappa shape index (κ2) is 5.95. The van der Waals surface area contributed by atoms with E-state index in [4.69, 9.17) is 0 Å². The number of rotatable bonds is 3. The molecule has 3 unspecified atom stereocenters. The molecule has 1 saturated carbocycles. The van der Waals surface area contributed by atoms with Gasteiger partial charge in [0.2, 0.25) is 11.8 Å². The SMILES string of the molecule is CC(C)C(=O)N1CCCC(C(=O)NC2CC(O)C2(C)C)C1. The van der Waals surface area contributed by atoms with Gasteiger partial charge in [0.25, 0.3) is 0 Å². The highest BCUT2D eigenvalue weighted by molar-refractivity contribution is 5.82. The van der Waals surface area contributed by atoms with Crippen LogP contribution in [0.5, 0.6) is 0 Å². The molecule has 2 amide bonds. The van der Waals surface area contributed by atoms with E-state index in [1.54, 1.807) is 0 Å². The van der Waals surface area contributed by atoms with Crippen LogP contribution in [-0.4, -0.2) is 47.1 Å². The van der Waals surface area contributed by atoms with E-state index in [1.165, 1.54) is 0 Å². The summed E-state index contributed by atoms with van der Waals surface area (Å²) in [5.41, 5.74) is -0.252. The van der Waals surface area contributed by atoms with Gasteiger partial charge in [0.05, 0.1) is 12.0 Å². The number of hydrogen-bond donors (Lipinski definition) is 2. The third-order valence-corrected chi connectivity index (χ3v) is 5.13. The van der Waals surface area contributed by atoms with Crippen molar-refractivity contribution in [2.45, 2.75) is 59.1 Å². The number of carbonyl (C=O) groups excluding carboxylic acids is 2. The molecule has 5 nitrogen and oxygen atoms in total. The van der Waals surface area contributed by atoms with Crippen LogP contribution in [0.1, 0.15) is 47.0 Å². The van der Waals surface area contributed by atoms with E-state index in [0.29, 0.717) is 13.0 Å². The molecule has 1 heterocycles. The summed E-state index contributed by atoms with van der Waals surface area (Å²) in [6, 6.07) is 0.0381. The lowest BCUT2D eigenvalue weighted by atomic mass is 9.64. The van der Waals surface area contributed by atoms with Crippen molar-refractivity contribution >= 4 is 11.8 Å². The van der Waals surface area contributed by atoms with Crippen molar-refractivity contribution in [3.63, 3.8) is 0 Å². The lowest BCUT2D eigenvalue weighted by Crippen LogP contribution is -2.62. The molecule has 1 aliphatic heterocycles. The minimum absolute atomic E-state index is 0.0208. The summed E-state index contributed by atoms with van der Waals surface area (Å²) in [6.07, 6.45) is 2.00. The lowest BCUT2D eigenvalue weighted by Gasteiger charge is -2.50. The van der Waals surface area contributed by atoms with Gasteiger partial charge in [0, 0.05) is 30.5 Å². The van der Waals surface area contributed by atoms with Gasteiger partial charge < -0.3 is 15.3 Å². The number of likely N-dealkylation sites (tertiary alicyclic amines) is 1. The van der Waals surface area contributed by atoms with Gasteiger partial charge >= 0.3 is 0 Å². The molecule has 2 fully saturated rings. The van der Waals surface area contributed by atoms with E-state index in [2.05, 4.69) is 5.32 Å². The number of carbonyl (C=O) groups is 2. The maximum Gasteiger partial charge on any atom is 0.225 e. The topological polar surface area (TPSA) is 69.6 Å². The molecule has 120 valence electrons. The number of piperidine rings is 1. The maximum absolute atomic E-state index is 12.4. The van der Waals surface area contributed by atoms with E-state index in [-0.39, 0.29) is 41.2 Å². The quantitative estimate of drug-likeness (QED) is 0.821. The fraction of sp³-hybridized carbons (Fsp3) is 0.875. The van der Waals surface area contributed by atoms with Crippen LogP contribution in [0.4, 0.5) is 0 Å². The molecule has 2 N–H and O–H groups in total. The molecule has 2 rings (SSSR count). The average molecular weight is 296 g/mol. The minimum atomic E-state index is -0.340. The maximum atomic E-state index is 12.4. The van der Waals surface area contributed by atoms with Crippen molar-refractivity contribution in [3.05, 3.63) is 0 Å². The Morgan fingerprint density at radius 1 is 1.33 bits per heavy atom. The Balaban J connectivity index is 1.90. The van der Waals surface area contributed by atoms with E-state index in [0.717, 1.165) is 19.4 Å². The van der Waals surface area contributed by atoms with Crippen molar-refractivity contribution in [2.75, 3.05) is 13.1 Å². The first-order valence-electron chi connectivity index (χ1n) is 8.00. The van der Waals surface area contributed by atoms with Gasteiger partial charge in [0.15, 0.2) is 0 Å². The van der Waals surface area contributed by atoms with Crippen molar-refractivity contribution in [3.8, 4) is 0 Å². The number of nitrogens with one attached hydrogen (secondary N) is 1. The zero-order chi connectivity index (χ0) is 15.8. The summed E-state index contributed by atoms with van der Waals surface area (Å²) in [4.78, 5) is 26.3. The molecule has 0 bridgehead atoms. The van der Waals surface area contributed by atoms with Gasteiger partial charge in [0.1, 0.15) is 0 Å². The molecular formula is C16H28N2O3. The Hall–Kier alpha value is -1.10. The summed E-state index contributed by atoms with van der Waals surface area (Å²) in [5, 5.41) is 12.8. The molecule has 3 atom stereocenters. The van der Waals surface area contributed by atoms with Crippen LogP contribution in [0.2, 0.25) is 0 Å². The highest BCUT2D eigenvalue weighted by Gasteiger charge is 2.48. The summed E-state index contributed by atoms with van der Waals surface area (Å²) in [6.45, 7) is 9.02. The van der Waals surface area contributed by atoms with Crippen molar-refractivity contribution < 1.29 is 14.7 Å². The zero-order valence-electron chi connectivity index (χ0n) is 13.6. The highest BCUT2D eigenvalue weighted by atomic mass is 16.3. The number of nitrogens with zero attached hydrogens (tertiary/aromatic N) is 1. The van der Waals surface area contributed by atoms with Crippen LogP contribution >= 0.6 is 0 Å². The number of aliphatic hydroxyl groups is 1. The molecule has 2 aliphatic rings. The molecule has 0 aromatic rings. The normalized spacial score (nSPS) is 31.7. The van der Waals surface area contributed by atoms with Crippen LogP contribution in [0.3, 0.4) is 0 Å². The molecule has 0 aromatic heterocycles. The van der Waals surface area contributed by atoms with Crippen LogP contribution in [-0.2, 0) is 9.59 Å². The van der Waals surface area contributed by atoms with Gasteiger partial charge in [-0.2, -0.15) is 0 Å². The summed E-state index contributed by atoms with van der Waals surface area (Å²) < 4.78 is 0. The Kier molecular flexibility index (Phi) is 4.61. The third kappa shape index (κ3) is 3.23. The van der Waals surface area contributed by atoms with Crippen LogP contribution in [0, 0.1) is 17.3 Å².